The first-order valence-corrected chi connectivity index (χ1v) is 15.9. The van der Waals surface area contributed by atoms with Gasteiger partial charge in [0.25, 0.3) is 5.91 Å². The van der Waals surface area contributed by atoms with Crippen molar-refractivity contribution in [3.8, 4) is 0 Å². The van der Waals surface area contributed by atoms with E-state index in [2.05, 4.69) is 35.2 Å². The van der Waals surface area contributed by atoms with Gasteiger partial charge >= 0.3 is 0 Å². The maximum absolute atomic E-state index is 13.5. The Bertz CT molecular complexity index is 1690. The molecule has 3 aromatic heterocycles. The minimum atomic E-state index is -3.57. The number of aromatic nitrogens is 4. The van der Waals surface area contributed by atoms with Crippen LogP contribution in [0, 0.1) is 0 Å². The number of thiazole rings is 1. The van der Waals surface area contributed by atoms with Crippen LogP contribution in [0.15, 0.2) is 64.9 Å². The summed E-state index contributed by atoms with van der Waals surface area (Å²) in [6, 6.07) is 11.4. The van der Waals surface area contributed by atoms with Crippen molar-refractivity contribution in [1.29, 1.82) is 0 Å². The van der Waals surface area contributed by atoms with Crippen LogP contribution in [0.25, 0.3) is 10.3 Å². The molecule has 15 heteroatoms. The number of benzene rings is 1. The highest BCUT2D eigenvalue weighted by Gasteiger charge is 2.31. The molecule has 43 heavy (non-hydrogen) atoms. The number of oxime groups is 1. The molecule has 1 aliphatic rings. The summed E-state index contributed by atoms with van der Waals surface area (Å²) >= 11 is 1.24. The first kappa shape index (κ1) is 30.4. The number of anilines is 2. The van der Waals surface area contributed by atoms with E-state index in [-0.39, 0.29) is 23.8 Å². The number of nitrogens with one attached hydrogen (secondary N) is 1. The largest absolute Gasteiger partial charge is 0.387 e. The number of likely N-dealkylation sites (N-methyl/N-ethyl adjacent to an activating group) is 2. The van der Waals surface area contributed by atoms with E-state index in [1.807, 2.05) is 33.3 Å². The molecule has 226 valence electrons. The van der Waals surface area contributed by atoms with Gasteiger partial charge in [-0.15, -0.1) is 0 Å². The molecule has 1 aromatic carbocycles. The predicted molar refractivity (Wildman–Crippen MR) is 164 cm³/mol. The summed E-state index contributed by atoms with van der Waals surface area (Å²) < 4.78 is 31.2. The number of fused-ring (bicyclic) bond motifs is 1. The molecule has 4 aromatic rings. The van der Waals surface area contributed by atoms with E-state index in [1.165, 1.54) is 35.6 Å². The Morgan fingerprint density at radius 2 is 1.86 bits per heavy atom. The van der Waals surface area contributed by atoms with Gasteiger partial charge in [-0.2, -0.15) is 0 Å². The standard InChI is InChI=1S/C28H32N8O5S2/c1-35(2)14-15-36(3)24-10-9-22-27(32-24)42-28(31-22)33-26(37)25(34-41-18-23-29-12-4-13-30-23)19-5-7-20(8-6-19)43(38,39)21-11-16-40-17-21/h4-10,12-13,21H,11,14-18H2,1-3H3,(H,31,33,37)/t21-/m0/s1. The van der Waals surface area contributed by atoms with Gasteiger partial charge in [0, 0.05) is 44.7 Å². The second kappa shape index (κ2) is 13.5. The average Bonchev–Trinajstić information content (AvgIpc) is 3.69. The number of rotatable bonds is 12. The van der Waals surface area contributed by atoms with Crippen LogP contribution < -0.4 is 10.2 Å². The molecule has 0 saturated carbocycles. The van der Waals surface area contributed by atoms with Crippen LogP contribution in [0.5, 0.6) is 0 Å². The van der Waals surface area contributed by atoms with Crippen molar-refractivity contribution in [1.82, 2.24) is 24.8 Å². The van der Waals surface area contributed by atoms with E-state index in [1.54, 1.807) is 18.5 Å². The van der Waals surface area contributed by atoms with Gasteiger partial charge in [-0.3, -0.25) is 10.1 Å². The highest BCUT2D eigenvalue weighted by Crippen LogP contribution is 2.27. The number of hydrogen-bond donors (Lipinski definition) is 1. The zero-order chi connectivity index (χ0) is 30.4. The van der Waals surface area contributed by atoms with Gasteiger partial charge in [0.15, 0.2) is 33.1 Å². The second-order valence-corrected chi connectivity index (χ2v) is 13.3. The minimum absolute atomic E-state index is 0.0685. The van der Waals surface area contributed by atoms with Crippen molar-refractivity contribution in [2.24, 2.45) is 5.16 Å². The zero-order valence-electron chi connectivity index (χ0n) is 24.0. The molecule has 1 aliphatic heterocycles. The quantitative estimate of drug-likeness (QED) is 0.183. The fraction of sp³-hybridized carbons (Fsp3) is 0.357. The first-order valence-electron chi connectivity index (χ1n) is 13.5. The summed E-state index contributed by atoms with van der Waals surface area (Å²) in [4.78, 5) is 41.3. The third-order valence-electron chi connectivity index (χ3n) is 6.70. The maximum atomic E-state index is 13.5. The smallest absolute Gasteiger partial charge is 0.280 e. The monoisotopic (exact) mass is 624 g/mol. The Kier molecular flexibility index (Phi) is 9.55. The zero-order valence-corrected chi connectivity index (χ0v) is 25.6. The molecule has 1 N–H and O–H groups in total. The van der Waals surface area contributed by atoms with Crippen LogP contribution in [0.4, 0.5) is 10.9 Å². The Labute approximate surface area is 253 Å². The van der Waals surface area contributed by atoms with Crippen LogP contribution in [0.1, 0.15) is 17.8 Å². The van der Waals surface area contributed by atoms with E-state index < -0.39 is 21.0 Å². The summed E-state index contributed by atoms with van der Waals surface area (Å²) in [5.41, 5.74) is 0.934. The van der Waals surface area contributed by atoms with Crippen LogP contribution in [-0.2, 0) is 30.8 Å². The van der Waals surface area contributed by atoms with Gasteiger partial charge in [-0.1, -0.05) is 28.6 Å². The fourth-order valence-electron chi connectivity index (χ4n) is 4.23. The van der Waals surface area contributed by atoms with Gasteiger partial charge in [-0.25, -0.2) is 28.4 Å². The van der Waals surface area contributed by atoms with Crippen molar-refractivity contribution < 1.29 is 22.8 Å². The van der Waals surface area contributed by atoms with Crippen LogP contribution in [-0.4, -0.2) is 97.6 Å². The topological polar surface area (TPSA) is 152 Å². The number of hydrogen-bond acceptors (Lipinski definition) is 13. The number of carbonyl (C=O) groups excluding carboxylic acids is 1. The van der Waals surface area contributed by atoms with Crippen molar-refractivity contribution >= 4 is 54.1 Å². The molecule has 0 radical (unpaired) electrons. The molecule has 5 rings (SSSR count). The van der Waals surface area contributed by atoms with Crippen molar-refractivity contribution in [2.75, 3.05) is 57.7 Å². The lowest BCUT2D eigenvalue weighted by Gasteiger charge is -2.20. The fourth-order valence-corrected chi connectivity index (χ4v) is 6.64. The number of ether oxygens (including phenoxy) is 1. The van der Waals surface area contributed by atoms with E-state index in [0.29, 0.717) is 39.9 Å². The van der Waals surface area contributed by atoms with Gasteiger partial charge in [0.1, 0.15) is 16.2 Å². The number of sulfone groups is 1. The molecule has 13 nitrogen and oxygen atoms in total. The molecule has 1 amide bonds. The van der Waals surface area contributed by atoms with Gasteiger partial charge in [0.2, 0.25) is 0 Å². The molecular formula is C28H32N8O5S2. The average molecular weight is 625 g/mol. The van der Waals surface area contributed by atoms with Crippen molar-refractivity contribution in [3.05, 3.63) is 66.2 Å². The molecule has 1 fully saturated rings. The molecule has 0 unspecified atom stereocenters. The minimum Gasteiger partial charge on any atom is -0.387 e. The van der Waals surface area contributed by atoms with Gasteiger partial charge in [-0.05, 0) is 50.8 Å². The third kappa shape index (κ3) is 7.48. The molecule has 0 bridgehead atoms. The molecular weight excluding hydrogens is 592 g/mol. The maximum Gasteiger partial charge on any atom is 0.280 e. The second-order valence-electron chi connectivity index (χ2n) is 10.1. The number of amides is 1. The Balaban J connectivity index is 1.37. The summed E-state index contributed by atoms with van der Waals surface area (Å²) in [7, 11) is 2.44. The number of nitrogens with zero attached hydrogens (tertiary/aromatic N) is 7. The molecule has 4 heterocycles. The van der Waals surface area contributed by atoms with E-state index in [4.69, 9.17) is 14.6 Å². The predicted octanol–water partition coefficient (Wildman–Crippen LogP) is 2.60. The lowest BCUT2D eigenvalue weighted by Crippen LogP contribution is -2.28. The summed E-state index contributed by atoms with van der Waals surface area (Å²) in [6.07, 6.45) is 3.59. The Morgan fingerprint density at radius 3 is 2.56 bits per heavy atom. The highest BCUT2D eigenvalue weighted by atomic mass is 32.2. The Morgan fingerprint density at radius 1 is 1.09 bits per heavy atom. The highest BCUT2D eigenvalue weighted by molar-refractivity contribution is 7.92. The molecule has 0 spiro atoms. The van der Waals surface area contributed by atoms with Crippen molar-refractivity contribution in [3.63, 3.8) is 0 Å². The van der Waals surface area contributed by atoms with Crippen LogP contribution in [0.3, 0.4) is 0 Å². The number of pyridine rings is 1. The van der Waals surface area contributed by atoms with E-state index >= 15 is 0 Å². The molecule has 0 aliphatic carbocycles. The first-order chi connectivity index (χ1) is 20.7. The Hall–Kier alpha value is -4.05. The normalized spacial score (nSPS) is 15.6. The SMILES string of the molecule is CN(C)CCN(C)c1ccc2nc(NC(=O)C(=NOCc3ncccn3)c3ccc(S(=O)(=O)[C@H]4CCOC4)cc3)sc2n1. The van der Waals surface area contributed by atoms with Crippen LogP contribution >= 0.6 is 11.3 Å². The third-order valence-corrected chi connectivity index (χ3v) is 9.76. The van der Waals surface area contributed by atoms with Crippen molar-refractivity contribution in [2.45, 2.75) is 23.2 Å². The van der Waals surface area contributed by atoms with Gasteiger partial charge in [0.05, 0.1) is 16.8 Å². The molecule has 1 saturated heterocycles. The van der Waals surface area contributed by atoms with E-state index in [0.717, 1.165) is 18.9 Å². The van der Waals surface area contributed by atoms with Gasteiger partial charge < -0.3 is 19.4 Å². The summed E-state index contributed by atoms with van der Waals surface area (Å²) in [5, 5.41) is 6.62. The van der Waals surface area contributed by atoms with E-state index in [9.17, 15) is 13.2 Å². The van der Waals surface area contributed by atoms with Crippen LogP contribution in [0.2, 0.25) is 0 Å². The lowest BCUT2D eigenvalue weighted by molar-refractivity contribution is -0.110. The lowest BCUT2D eigenvalue weighted by atomic mass is 10.1. The molecule has 1 atom stereocenters. The summed E-state index contributed by atoms with van der Waals surface area (Å²) in [5.74, 6) is 0.597. The summed E-state index contributed by atoms with van der Waals surface area (Å²) in [6.45, 7) is 2.19. The number of carbonyl (C=O) groups is 1.